The number of benzene rings is 2. The molecule has 2 heterocycles. The summed E-state index contributed by atoms with van der Waals surface area (Å²) in [5.41, 5.74) is -0.396. The number of nitro benzene ring substituents is 1. The van der Waals surface area contributed by atoms with Crippen molar-refractivity contribution in [1.29, 1.82) is 0 Å². The third-order valence-corrected chi connectivity index (χ3v) is 4.87. The smallest absolute Gasteiger partial charge is 0.336 e. The molecule has 0 aliphatic carbocycles. The summed E-state index contributed by atoms with van der Waals surface area (Å²) in [6.45, 7) is 1.45. The van der Waals surface area contributed by atoms with Crippen LogP contribution in [0.3, 0.4) is 0 Å². The average Bonchev–Trinajstić information content (AvgIpc) is 2.96. The number of aryl methyl sites for hydroxylation is 1. The van der Waals surface area contributed by atoms with E-state index < -0.39 is 34.0 Å². The van der Waals surface area contributed by atoms with E-state index in [-0.39, 0.29) is 35.4 Å². The molecule has 0 radical (unpaired) electrons. The maximum atomic E-state index is 12.5. The highest BCUT2D eigenvalue weighted by Gasteiger charge is 2.40. The Hall–Kier alpha value is -4.34. The van der Waals surface area contributed by atoms with Gasteiger partial charge < -0.3 is 9.15 Å². The Bertz CT molecular complexity index is 1340. The molecule has 0 unspecified atom stereocenters. The Morgan fingerprint density at radius 2 is 1.90 bits per heavy atom. The first-order chi connectivity index (χ1) is 14.8. The SMILES string of the molecule is Cc1cc(=O)oc2cc(OC(=O)CCN3C(=O)c4cccc([N+](=O)[O-])c4C3=O)ccc12. The fourth-order valence-electron chi connectivity index (χ4n) is 3.43. The zero-order chi connectivity index (χ0) is 22.3. The molecular weight excluding hydrogens is 408 g/mol. The monoisotopic (exact) mass is 422 g/mol. The summed E-state index contributed by atoms with van der Waals surface area (Å²) in [5.74, 6) is -2.15. The molecule has 10 nitrogen and oxygen atoms in total. The molecule has 4 rings (SSSR count). The van der Waals surface area contributed by atoms with E-state index in [0.29, 0.717) is 10.9 Å². The van der Waals surface area contributed by atoms with Crippen LogP contribution in [0.25, 0.3) is 11.0 Å². The Morgan fingerprint density at radius 1 is 1.13 bits per heavy atom. The standard InChI is InChI=1S/C21H14N2O8/c1-11-9-18(25)31-16-10-12(5-6-13(11)16)30-17(24)7-8-22-20(26)14-3-2-4-15(23(28)29)19(14)21(22)27/h2-6,9-10H,7-8H2,1H3. The van der Waals surface area contributed by atoms with Crippen LogP contribution in [0.5, 0.6) is 5.75 Å². The lowest BCUT2D eigenvalue weighted by Crippen LogP contribution is -2.32. The molecule has 0 spiro atoms. The van der Waals surface area contributed by atoms with Crippen molar-refractivity contribution in [3.05, 3.63) is 79.7 Å². The van der Waals surface area contributed by atoms with Gasteiger partial charge in [-0.3, -0.25) is 29.4 Å². The Balaban J connectivity index is 1.47. The zero-order valence-corrected chi connectivity index (χ0v) is 16.1. The lowest BCUT2D eigenvalue weighted by Gasteiger charge is -2.13. The van der Waals surface area contributed by atoms with E-state index in [4.69, 9.17) is 9.15 Å². The van der Waals surface area contributed by atoms with Crippen molar-refractivity contribution in [2.45, 2.75) is 13.3 Å². The predicted molar refractivity (Wildman–Crippen MR) is 106 cm³/mol. The number of carbonyl (C=O) groups excluding carboxylic acids is 3. The summed E-state index contributed by atoms with van der Waals surface area (Å²) < 4.78 is 10.3. The maximum absolute atomic E-state index is 12.5. The van der Waals surface area contributed by atoms with Crippen LogP contribution in [0, 0.1) is 17.0 Å². The molecule has 1 aliphatic rings. The number of rotatable bonds is 5. The first-order valence-corrected chi connectivity index (χ1v) is 9.15. The van der Waals surface area contributed by atoms with Crippen LogP contribution in [-0.4, -0.2) is 34.2 Å². The highest BCUT2D eigenvalue weighted by atomic mass is 16.6. The van der Waals surface area contributed by atoms with Gasteiger partial charge in [-0.25, -0.2) is 4.79 Å². The molecule has 2 amide bonds. The molecule has 31 heavy (non-hydrogen) atoms. The minimum absolute atomic E-state index is 0.0764. The van der Waals surface area contributed by atoms with Crippen molar-refractivity contribution in [3.8, 4) is 5.75 Å². The number of esters is 1. The maximum Gasteiger partial charge on any atom is 0.336 e. The normalized spacial score (nSPS) is 12.9. The number of amides is 2. The highest BCUT2D eigenvalue weighted by molar-refractivity contribution is 6.23. The molecule has 0 atom stereocenters. The van der Waals surface area contributed by atoms with Gasteiger partial charge in [0.25, 0.3) is 17.5 Å². The molecular formula is C21H14N2O8. The lowest BCUT2D eigenvalue weighted by atomic mass is 10.1. The summed E-state index contributed by atoms with van der Waals surface area (Å²) in [5, 5.41) is 11.8. The van der Waals surface area contributed by atoms with Crippen molar-refractivity contribution in [1.82, 2.24) is 4.90 Å². The van der Waals surface area contributed by atoms with E-state index in [1.165, 1.54) is 30.3 Å². The highest BCUT2D eigenvalue weighted by Crippen LogP contribution is 2.31. The van der Waals surface area contributed by atoms with Gasteiger partial charge in [0.1, 0.15) is 16.9 Å². The topological polar surface area (TPSA) is 137 Å². The van der Waals surface area contributed by atoms with Gasteiger partial charge in [0.15, 0.2) is 0 Å². The number of fused-ring (bicyclic) bond motifs is 2. The fourth-order valence-corrected chi connectivity index (χ4v) is 3.43. The number of carbonyl (C=O) groups is 3. The second-order valence-electron chi connectivity index (χ2n) is 6.85. The minimum Gasteiger partial charge on any atom is -0.426 e. The van der Waals surface area contributed by atoms with Crippen LogP contribution >= 0.6 is 0 Å². The van der Waals surface area contributed by atoms with Crippen LogP contribution in [0.15, 0.2) is 51.7 Å². The van der Waals surface area contributed by atoms with Gasteiger partial charge in [-0.15, -0.1) is 0 Å². The Kier molecular flexibility index (Phi) is 4.82. The van der Waals surface area contributed by atoms with Crippen LogP contribution < -0.4 is 10.4 Å². The lowest BCUT2D eigenvalue weighted by molar-refractivity contribution is -0.385. The van der Waals surface area contributed by atoms with Crippen molar-refractivity contribution in [3.63, 3.8) is 0 Å². The molecule has 0 saturated carbocycles. The average molecular weight is 422 g/mol. The third-order valence-electron chi connectivity index (χ3n) is 4.87. The van der Waals surface area contributed by atoms with Gasteiger partial charge in [0.2, 0.25) is 0 Å². The molecule has 10 heteroatoms. The largest absolute Gasteiger partial charge is 0.426 e. The van der Waals surface area contributed by atoms with Gasteiger partial charge in [0.05, 0.1) is 16.9 Å². The molecule has 0 fully saturated rings. The van der Waals surface area contributed by atoms with Gasteiger partial charge in [-0.05, 0) is 30.7 Å². The second-order valence-corrected chi connectivity index (χ2v) is 6.85. The summed E-state index contributed by atoms with van der Waals surface area (Å²) in [7, 11) is 0. The predicted octanol–water partition coefficient (Wildman–Crippen LogP) is 2.60. The van der Waals surface area contributed by atoms with Crippen LogP contribution in [0.1, 0.15) is 32.7 Å². The molecule has 2 aromatic carbocycles. The third kappa shape index (κ3) is 3.54. The van der Waals surface area contributed by atoms with E-state index in [1.807, 2.05) is 0 Å². The first-order valence-electron chi connectivity index (χ1n) is 9.15. The number of ether oxygens (including phenoxy) is 1. The zero-order valence-electron chi connectivity index (χ0n) is 16.1. The van der Waals surface area contributed by atoms with E-state index in [2.05, 4.69) is 0 Å². The summed E-state index contributed by atoms with van der Waals surface area (Å²) in [6.07, 6.45) is -0.324. The van der Waals surface area contributed by atoms with E-state index in [9.17, 15) is 29.3 Å². The Labute approximate surface area is 173 Å². The molecule has 3 aromatic rings. The van der Waals surface area contributed by atoms with Crippen molar-refractivity contribution in [2.24, 2.45) is 0 Å². The number of hydrogen-bond acceptors (Lipinski definition) is 8. The van der Waals surface area contributed by atoms with E-state index >= 15 is 0 Å². The molecule has 0 saturated heterocycles. The number of imide groups is 1. The van der Waals surface area contributed by atoms with Crippen molar-refractivity contribution in [2.75, 3.05) is 6.54 Å². The van der Waals surface area contributed by atoms with Gasteiger partial charge in [-0.2, -0.15) is 0 Å². The summed E-state index contributed by atoms with van der Waals surface area (Å²) >= 11 is 0. The van der Waals surface area contributed by atoms with Crippen LogP contribution in [-0.2, 0) is 4.79 Å². The van der Waals surface area contributed by atoms with Gasteiger partial charge >= 0.3 is 11.6 Å². The number of hydrogen-bond donors (Lipinski definition) is 0. The fraction of sp³-hybridized carbons (Fsp3) is 0.143. The van der Waals surface area contributed by atoms with E-state index in [1.54, 1.807) is 13.0 Å². The summed E-state index contributed by atoms with van der Waals surface area (Å²) in [6, 6.07) is 9.69. The quantitative estimate of drug-likeness (QED) is 0.153. The molecule has 0 bridgehead atoms. The van der Waals surface area contributed by atoms with Crippen LogP contribution in [0.2, 0.25) is 0 Å². The van der Waals surface area contributed by atoms with Gasteiger partial charge in [0, 0.05) is 30.1 Å². The summed E-state index contributed by atoms with van der Waals surface area (Å²) in [4.78, 5) is 59.9. The van der Waals surface area contributed by atoms with Gasteiger partial charge in [-0.1, -0.05) is 6.07 Å². The van der Waals surface area contributed by atoms with Crippen molar-refractivity contribution >= 4 is 34.4 Å². The molecule has 0 N–H and O–H groups in total. The number of nitrogens with zero attached hydrogens (tertiary/aromatic N) is 2. The first kappa shape index (κ1) is 20.0. The molecule has 1 aromatic heterocycles. The van der Waals surface area contributed by atoms with Crippen LogP contribution in [0.4, 0.5) is 5.69 Å². The Morgan fingerprint density at radius 3 is 2.65 bits per heavy atom. The second kappa shape index (κ2) is 7.48. The van der Waals surface area contributed by atoms with Crippen molar-refractivity contribution < 1.29 is 28.5 Å². The molecule has 156 valence electrons. The van der Waals surface area contributed by atoms with E-state index in [0.717, 1.165) is 11.0 Å². The minimum atomic E-state index is -0.831. The number of nitro groups is 1. The molecule has 1 aliphatic heterocycles.